The van der Waals surface area contributed by atoms with Gasteiger partial charge in [-0.2, -0.15) is 0 Å². The smallest absolute Gasteiger partial charge is 0.0474 e. The third-order valence-corrected chi connectivity index (χ3v) is 3.80. The van der Waals surface area contributed by atoms with Crippen molar-refractivity contribution >= 4 is 0 Å². The molecular weight excluding hydrogens is 246 g/mol. The highest BCUT2D eigenvalue weighted by atomic mass is 15.2. The summed E-state index contributed by atoms with van der Waals surface area (Å²) in [5, 5.41) is 0. The highest BCUT2D eigenvalue weighted by molar-refractivity contribution is 5.26. The zero-order valence-corrected chi connectivity index (χ0v) is 12.3. The lowest BCUT2D eigenvalue weighted by atomic mass is 10.0. The summed E-state index contributed by atoms with van der Waals surface area (Å²) in [4.78, 5) is 6.50. The average molecular weight is 269 g/mol. The zero-order valence-electron chi connectivity index (χ0n) is 12.3. The first-order valence-electron chi connectivity index (χ1n) is 7.14. The molecule has 20 heavy (non-hydrogen) atoms. The highest BCUT2D eigenvalue weighted by Gasteiger charge is 2.18. The van der Waals surface area contributed by atoms with Gasteiger partial charge in [-0.1, -0.05) is 31.2 Å². The largest absolute Gasteiger partial charge is 0.329 e. The summed E-state index contributed by atoms with van der Waals surface area (Å²) < 4.78 is 0. The maximum atomic E-state index is 6.01. The molecule has 3 nitrogen and oxygen atoms in total. The monoisotopic (exact) mass is 269 g/mol. The molecule has 1 atom stereocenters. The molecular formula is C17H23N3. The van der Waals surface area contributed by atoms with Crippen LogP contribution in [0.3, 0.4) is 0 Å². The number of nitrogens with two attached hydrogens (primary N) is 1. The number of likely N-dealkylation sites (N-methyl/N-ethyl adjacent to an activating group) is 1. The molecule has 1 heterocycles. The number of nitrogens with zero attached hydrogens (tertiary/aromatic N) is 2. The Bertz CT molecular complexity index is 525. The van der Waals surface area contributed by atoms with Crippen molar-refractivity contribution in [2.45, 2.75) is 26.4 Å². The van der Waals surface area contributed by atoms with Gasteiger partial charge >= 0.3 is 0 Å². The van der Waals surface area contributed by atoms with Crippen LogP contribution in [0.4, 0.5) is 0 Å². The molecule has 0 aliphatic rings. The van der Waals surface area contributed by atoms with Crippen molar-refractivity contribution in [3.05, 3.63) is 65.5 Å². The van der Waals surface area contributed by atoms with E-state index in [0.717, 1.165) is 13.1 Å². The first-order chi connectivity index (χ1) is 9.76. The van der Waals surface area contributed by atoms with E-state index in [1.54, 1.807) is 0 Å². The van der Waals surface area contributed by atoms with Crippen LogP contribution in [-0.2, 0) is 6.54 Å². The summed E-state index contributed by atoms with van der Waals surface area (Å²) in [6, 6.07) is 12.9. The van der Waals surface area contributed by atoms with Crippen molar-refractivity contribution < 1.29 is 0 Å². The van der Waals surface area contributed by atoms with Gasteiger partial charge in [-0.15, -0.1) is 0 Å². The van der Waals surface area contributed by atoms with Gasteiger partial charge in [0.2, 0.25) is 0 Å². The van der Waals surface area contributed by atoms with Gasteiger partial charge in [0.05, 0.1) is 0 Å². The predicted octanol–water partition coefficient (Wildman–Crippen LogP) is 2.91. The van der Waals surface area contributed by atoms with Crippen LogP contribution >= 0.6 is 0 Å². The Morgan fingerprint density at radius 1 is 1.15 bits per heavy atom. The molecule has 1 aromatic carbocycles. The minimum Gasteiger partial charge on any atom is -0.329 e. The minimum atomic E-state index is 0.239. The summed E-state index contributed by atoms with van der Waals surface area (Å²) in [6.07, 6.45) is 3.67. The average Bonchev–Trinajstić information content (AvgIpc) is 2.50. The first-order valence-corrected chi connectivity index (χ1v) is 7.14. The van der Waals surface area contributed by atoms with Crippen LogP contribution in [0.1, 0.15) is 29.7 Å². The summed E-state index contributed by atoms with van der Waals surface area (Å²) >= 11 is 0. The highest BCUT2D eigenvalue weighted by Crippen LogP contribution is 2.22. The molecule has 0 bridgehead atoms. The molecule has 0 spiro atoms. The molecule has 0 aliphatic carbocycles. The van der Waals surface area contributed by atoms with E-state index < -0.39 is 0 Å². The molecule has 0 radical (unpaired) electrons. The lowest BCUT2D eigenvalue weighted by Gasteiger charge is -2.30. The molecule has 0 amide bonds. The second-order valence-electron chi connectivity index (χ2n) is 5.02. The third-order valence-electron chi connectivity index (χ3n) is 3.80. The molecule has 3 heteroatoms. The van der Waals surface area contributed by atoms with Crippen LogP contribution in [0.2, 0.25) is 0 Å². The minimum absolute atomic E-state index is 0.239. The van der Waals surface area contributed by atoms with Crippen LogP contribution in [0.25, 0.3) is 0 Å². The Kier molecular flexibility index (Phi) is 5.27. The van der Waals surface area contributed by atoms with E-state index in [4.69, 9.17) is 5.73 Å². The van der Waals surface area contributed by atoms with Gasteiger partial charge in [0.25, 0.3) is 0 Å². The Hall–Kier alpha value is -1.71. The number of hydrogen-bond acceptors (Lipinski definition) is 3. The van der Waals surface area contributed by atoms with Crippen molar-refractivity contribution in [2.75, 3.05) is 13.1 Å². The fourth-order valence-electron chi connectivity index (χ4n) is 2.53. The van der Waals surface area contributed by atoms with Crippen LogP contribution in [-0.4, -0.2) is 23.0 Å². The molecule has 0 aliphatic heterocycles. The molecule has 0 saturated heterocycles. The van der Waals surface area contributed by atoms with Crippen LogP contribution in [0.15, 0.2) is 48.8 Å². The van der Waals surface area contributed by atoms with E-state index in [1.807, 2.05) is 12.4 Å². The quantitative estimate of drug-likeness (QED) is 0.876. The summed E-state index contributed by atoms with van der Waals surface area (Å²) in [7, 11) is 0. The topological polar surface area (TPSA) is 42.1 Å². The fraction of sp³-hybridized carbons (Fsp3) is 0.353. The lowest BCUT2D eigenvalue weighted by molar-refractivity contribution is 0.203. The molecule has 0 saturated carbocycles. The van der Waals surface area contributed by atoms with E-state index in [9.17, 15) is 0 Å². The van der Waals surface area contributed by atoms with Gasteiger partial charge in [-0.25, -0.2) is 0 Å². The Labute approximate surface area is 121 Å². The van der Waals surface area contributed by atoms with Crippen molar-refractivity contribution in [3.63, 3.8) is 0 Å². The normalized spacial score (nSPS) is 12.6. The van der Waals surface area contributed by atoms with Gasteiger partial charge in [0, 0.05) is 31.5 Å². The first kappa shape index (κ1) is 14.7. The second kappa shape index (κ2) is 7.17. The zero-order chi connectivity index (χ0) is 14.4. The van der Waals surface area contributed by atoms with Crippen LogP contribution < -0.4 is 5.73 Å². The maximum Gasteiger partial charge on any atom is 0.0474 e. The van der Waals surface area contributed by atoms with E-state index in [0.29, 0.717) is 6.54 Å². The lowest BCUT2D eigenvalue weighted by Crippen LogP contribution is -2.33. The van der Waals surface area contributed by atoms with Gasteiger partial charge < -0.3 is 5.73 Å². The van der Waals surface area contributed by atoms with Gasteiger partial charge in [-0.05, 0) is 42.3 Å². The summed E-state index contributed by atoms with van der Waals surface area (Å²) in [6.45, 7) is 6.85. The molecule has 2 aromatic rings. The van der Waals surface area contributed by atoms with Gasteiger partial charge in [0.1, 0.15) is 0 Å². The number of aryl methyl sites for hydroxylation is 1. The molecule has 0 fully saturated rings. The fourth-order valence-corrected chi connectivity index (χ4v) is 2.53. The van der Waals surface area contributed by atoms with Gasteiger partial charge in [0.15, 0.2) is 0 Å². The third kappa shape index (κ3) is 3.44. The number of rotatable bonds is 6. The second-order valence-corrected chi connectivity index (χ2v) is 5.02. The van der Waals surface area contributed by atoms with E-state index in [-0.39, 0.29) is 6.04 Å². The van der Waals surface area contributed by atoms with Gasteiger partial charge in [-0.3, -0.25) is 9.88 Å². The predicted molar refractivity (Wildman–Crippen MR) is 83.3 cm³/mol. The van der Waals surface area contributed by atoms with Crippen LogP contribution in [0.5, 0.6) is 0 Å². The molecule has 106 valence electrons. The summed E-state index contributed by atoms with van der Waals surface area (Å²) in [5.74, 6) is 0. The number of pyridine rings is 1. The number of benzene rings is 1. The Morgan fingerprint density at radius 3 is 2.45 bits per heavy atom. The van der Waals surface area contributed by atoms with Crippen molar-refractivity contribution in [1.29, 1.82) is 0 Å². The SMILES string of the molecule is CCN(Cc1ccccc1C)C(CN)c1ccncc1. The molecule has 2 N–H and O–H groups in total. The molecule has 1 unspecified atom stereocenters. The Balaban J connectivity index is 2.20. The molecule has 2 rings (SSSR count). The number of hydrogen-bond donors (Lipinski definition) is 1. The Morgan fingerprint density at radius 2 is 1.85 bits per heavy atom. The van der Waals surface area contributed by atoms with E-state index in [1.165, 1.54) is 16.7 Å². The van der Waals surface area contributed by atoms with E-state index in [2.05, 4.69) is 60.1 Å². The van der Waals surface area contributed by atoms with Crippen molar-refractivity contribution in [1.82, 2.24) is 9.88 Å². The van der Waals surface area contributed by atoms with Crippen LogP contribution in [0, 0.1) is 6.92 Å². The maximum absolute atomic E-state index is 6.01. The number of aromatic nitrogens is 1. The summed E-state index contributed by atoms with van der Waals surface area (Å²) in [5.41, 5.74) is 9.94. The van der Waals surface area contributed by atoms with Crippen molar-refractivity contribution in [3.8, 4) is 0 Å². The van der Waals surface area contributed by atoms with E-state index >= 15 is 0 Å². The van der Waals surface area contributed by atoms with Crippen molar-refractivity contribution in [2.24, 2.45) is 5.73 Å². The molecule has 1 aromatic heterocycles. The standard InChI is InChI=1S/C17H23N3/c1-3-20(13-16-7-5-4-6-14(16)2)17(12-18)15-8-10-19-11-9-15/h4-11,17H,3,12-13,18H2,1-2H3.